The van der Waals surface area contributed by atoms with E-state index >= 15 is 0 Å². The maximum atomic E-state index is 3.88. The van der Waals surface area contributed by atoms with E-state index in [4.69, 9.17) is 0 Å². The molecule has 0 bridgehead atoms. The smallest absolute Gasteiger partial charge is 0.0342 e. The van der Waals surface area contributed by atoms with E-state index in [0.29, 0.717) is 12.0 Å². The average Bonchev–Trinajstić information content (AvgIpc) is 2.99. The van der Waals surface area contributed by atoms with E-state index in [-0.39, 0.29) is 0 Å². The van der Waals surface area contributed by atoms with Gasteiger partial charge >= 0.3 is 0 Å². The molecule has 1 aromatic rings. The van der Waals surface area contributed by atoms with Gasteiger partial charge < -0.3 is 5.32 Å². The van der Waals surface area contributed by atoms with Crippen molar-refractivity contribution in [2.24, 2.45) is 0 Å². The fourth-order valence-electron chi connectivity index (χ4n) is 3.97. The highest BCUT2D eigenvalue weighted by Crippen LogP contribution is 2.32. The predicted octanol–water partition coefficient (Wildman–Crippen LogP) is 7.50. The van der Waals surface area contributed by atoms with Crippen molar-refractivity contribution in [1.29, 1.82) is 0 Å². The lowest BCUT2D eigenvalue weighted by atomic mass is 9.88. The van der Waals surface area contributed by atoms with Crippen LogP contribution in [-0.4, -0.2) is 6.04 Å². The molecule has 2 aliphatic rings. The van der Waals surface area contributed by atoms with Gasteiger partial charge in [-0.25, -0.2) is 0 Å². The zero-order valence-corrected chi connectivity index (χ0v) is 17.7. The molecule has 1 nitrogen and oxygen atoms in total. The molecule has 3 rings (SSSR count). The Hall–Kier alpha value is -3.06. The van der Waals surface area contributed by atoms with Crippen LogP contribution in [0.4, 0.5) is 0 Å². The molecule has 2 atom stereocenters. The third-order valence-corrected chi connectivity index (χ3v) is 5.48. The highest BCUT2D eigenvalue weighted by atomic mass is 14.9. The summed E-state index contributed by atoms with van der Waals surface area (Å²) in [5, 5.41) is 3.88. The van der Waals surface area contributed by atoms with Crippen molar-refractivity contribution in [2.45, 2.75) is 44.1 Å². The third kappa shape index (κ3) is 7.75. The first kappa shape index (κ1) is 21.6. The van der Waals surface area contributed by atoms with E-state index in [2.05, 4.69) is 109 Å². The van der Waals surface area contributed by atoms with E-state index in [9.17, 15) is 0 Å². The molecule has 0 amide bonds. The van der Waals surface area contributed by atoms with E-state index in [1.165, 1.54) is 37.7 Å². The van der Waals surface area contributed by atoms with E-state index in [1.54, 1.807) is 0 Å². The molecule has 0 spiro atoms. The lowest BCUT2D eigenvalue weighted by molar-refractivity contribution is 0.446. The Morgan fingerprint density at radius 1 is 0.567 bits per heavy atom. The molecule has 154 valence electrons. The van der Waals surface area contributed by atoms with Gasteiger partial charge in [0.1, 0.15) is 0 Å². The standard InChI is InChI=1S/C29H33N/c1-2-7-11-16-22-27(23-17-12-8-3-1)30-29-25-19-13-18-24-28(29)26-20-14-9-5-4-6-10-15-21-26/h1-12,14-17,20-23,28-30H,13,18-19,24-25H2/b2-1?,3-1?,5-4?,6-4?,7-2?,8-3?,9-5?,10-6?,11-7+,12-8?,14-9?,15-10?,16-11?,17-12-,20-14?,21-15?,22-16-,23-17?,26-20?,26-21?,27-22?,27-23+. The Morgan fingerprint density at radius 2 is 1.13 bits per heavy atom. The van der Waals surface area contributed by atoms with Gasteiger partial charge in [-0.05, 0) is 30.6 Å². The van der Waals surface area contributed by atoms with Crippen molar-refractivity contribution >= 4 is 0 Å². The Bertz CT molecular complexity index is 856. The molecule has 0 radical (unpaired) electrons. The van der Waals surface area contributed by atoms with Crippen molar-refractivity contribution in [3.63, 3.8) is 0 Å². The third-order valence-electron chi connectivity index (χ3n) is 5.48. The summed E-state index contributed by atoms with van der Waals surface area (Å²) in [5.41, 5.74) is 2.57. The normalized spacial score (nSPS) is 26.5. The quantitative estimate of drug-likeness (QED) is 0.523. The molecule has 0 aromatic heterocycles. The molecule has 1 aromatic carbocycles. The lowest BCUT2D eigenvalue weighted by Crippen LogP contribution is -2.33. The summed E-state index contributed by atoms with van der Waals surface area (Å²) in [4.78, 5) is 0. The monoisotopic (exact) mass is 395 g/mol. The van der Waals surface area contributed by atoms with Crippen molar-refractivity contribution in [1.82, 2.24) is 5.32 Å². The minimum absolute atomic E-state index is 0.427. The summed E-state index contributed by atoms with van der Waals surface area (Å²) in [7, 11) is 0. The van der Waals surface area contributed by atoms with Gasteiger partial charge in [0.25, 0.3) is 0 Å². The van der Waals surface area contributed by atoms with E-state index < -0.39 is 0 Å². The number of hydrogen-bond acceptors (Lipinski definition) is 1. The summed E-state index contributed by atoms with van der Waals surface area (Å²) in [5.74, 6) is 0.503. The first-order chi connectivity index (χ1) is 14.9. The molecule has 0 heterocycles. The summed E-state index contributed by atoms with van der Waals surface area (Å²) in [6.07, 6.45) is 29.3. The van der Waals surface area contributed by atoms with Gasteiger partial charge in [0.15, 0.2) is 0 Å². The maximum absolute atomic E-state index is 3.88. The van der Waals surface area contributed by atoms with Crippen molar-refractivity contribution < 1.29 is 0 Å². The topological polar surface area (TPSA) is 12.0 Å². The minimum atomic E-state index is 0.427. The highest BCUT2D eigenvalue weighted by molar-refractivity contribution is 5.30. The van der Waals surface area contributed by atoms with Crippen molar-refractivity contribution in [3.05, 3.63) is 133 Å². The van der Waals surface area contributed by atoms with Gasteiger partial charge in [0.2, 0.25) is 0 Å². The van der Waals surface area contributed by atoms with Crippen LogP contribution in [0.15, 0.2) is 127 Å². The molecular formula is C29H33N. The van der Waals surface area contributed by atoms with Crippen LogP contribution in [0, 0.1) is 0 Å². The second-order valence-electron chi connectivity index (χ2n) is 7.70. The van der Waals surface area contributed by atoms with E-state index in [1.807, 2.05) is 18.2 Å². The number of hydrogen-bond donors (Lipinski definition) is 1. The van der Waals surface area contributed by atoms with Crippen LogP contribution in [-0.2, 0) is 0 Å². The molecule has 2 aliphatic carbocycles. The molecule has 0 saturated heterocycles. The fourth-order valence-corrected chi connectivity index (χ4v) is 3.97. The predicted molar refractivity (Wildman–Crippen MR) is 131 cm³/mol. The fraction of sp³-hybridized carbons (Fsp3) is 0.241. The van der Waals surface area contributed by atoms with Gasteiger partial charge in [0, 0.05) is 17.7 Å². The van der Waals surface area contributed by atoms with Crippen molar-refractivity contribution in [3.8, 4) is 0 Å². The number of allylic oxidation sites excluding steroid dienone is 11. The zero-order chi connectivity index (χ0) is 20.7. The summed E-state index contributed by atoms with van der Waals surface area (Å²) in [6, 6.07) is 19.8. The summed E-state index contributed by atoms with van der Waals surface area (Å²) in [6.45, 7) is 0. The van der Waals surface area contributed by atoms with Gasteiger partial charge in [0.05, 0.1) is 0 Å². The van der Waals surface area contributed by atoms with Crippen LogP contribution in [0.3, 0.4) is 0 Å². The average molecular weight is 396 g/mol. The molecular weight excluding hydrogens is 362 g/mol. The Kier molecular flexibility index (Phi) is 9.54. The van der Waals surface area contributed by atoms with Crippen LogP contribution in [0.5, 0.6) is 0 Å². The second-order valence-corrected chi connectivity index (χ2v) is 7.70. The van der Waals surface area contributed by atoms with Crippen LogP contribution in [0.25, 0.3) is 0 Å². The minimum Gasteiger partial charge on any atom is -0.382 e. The Morgan fingerprint density at radius 3 is 1.83 bits per heavy atom. The zero-order valence-electron chi connectivity index (χ0n) is 17.7. The lowest BCUT2D eigenvalue weighted by Gasteiger charge is -2.28. The van der Waals surface area contributed by atoms with Gasteiger partial charge in [-0.15, -0.1) is 0 Å². The van der Waals surface area contributed by atoms with Gasteiger partial charge in [-0.1, -0.05) is 129 Å². The molecule has 2 unspecified atom stereocenters. The highest BCUT2D eigenvalue weighted by Gasteiger charge is 2.24. The van der Waals surface area contributed by atoms with Gasteiger partial charge in [-0.3, -0.25) is 0 Å². The number of rotatable bonds is 3. The number of nitrogens with one attached hydrogen (secondary N) is 1. The molecule has 0 aliphatic heterocycles. The van der Waals surface area contributed by atoms with Crippen molar-refractivity contribution in [2.75, 3.05) is 0 Å². The van der Waals surface area contributed by atoms with Crippen LogP contribution in [0.1, 0.15) is 43.6 Å². The Labute approximate surface area is 182 Å². The molecule has 1 saturated carbocycles. The summed E-state index contributed by atoms with van der Waals surface area (Å²) >= 11 is 0. The largest absolute Gasteiger partial charge is 0.382 e. The molecule has 1 N–H and O–H groups in total. The first-order valence-electron chi connectivity index (χ1n) is 11.1. The first-order valence-corrected chi connectivity index (χ1v) is 11.1. The maximum Gasteiger partial charge on any atom is 0.0342 e. The summed E-state index contributed by atoms with van der Waals surface area (Å²) < 4.78 is 0. The Balaban J connectivity index is 1.87. The van der Waals surface area contributed by atoms with Gasteiger partial charge in [-0.2, -0.15) is 0 Å². The molecule has 30 heavy (non-hydrogen) atoms. The molecule has 1 heteroatoms. The van der Waals surface area contributed by atoms with Crippen LogP contribution >= 0.6 is 0 Å². The van der Waals surface area contributed by atoms with E-state index in [0.717, 1.165) is 5.70 Å². The second kappa shape index (κ2) is 13.2. The van der Waals surface area contributed by atoms with Crippen LogP contribution in [0.2, 0.25) is 0 Å². The van der Waals surface area contributed by atoms with Crippen LogP contribution < -0.4 is 5.32 Å². The molecule has 1 fully saturated rings. The SMILES string of the molecule is C1=C\C=C/C=C(NC2CCCCCC2c2ccccccccc2)\C=C/C=C/C=C1.